The van der Waals surface area contributed by atoms with Gasteiger partial charge in [-0.15, -0.1) is 0 Å². The second-order valence-electron chi connectivity index (χ2n) is 5.86. The van der Waals surface area contributed by atoms with Crippen LogP contribution in [0.2, 0.25) is 0 Å². The number of rotatable bonds is 2. The van der Waals surface area contributed by atoms with Gasteiger partial charge in [0, 0.05) is 18.8 Å². The summed E-state index contributed by atoms with van der Waals surface area (Å²) in [5, 5.41) is 2.78. The van der Waals surface area contributed by atoms with Crippen molar-refractivity contribution in [2.45, 2.75) is 31.5 Å². The molecule has 4 rings (SSSR count). The standard InChI is InChI=1S/C16H18N2O4/c19-14(11-5-7-16(8-6-11)20-9-10-21-16)18-15-17-12-3-1-2-4-13(12)22-15/h1-4,11H,5-10H2,(H,17,18,19). The smallest absolute Gasteiger partial charge is 0.302 e. The Morgan fingerprint density at radius 3 is 2.64 bits per heavy atom. The van der Waals surface area contributed by atoms with Crippen LogP contribution in [0.4, 0.5) is 6.01 Å². The Kier molecular flexibility index (Phi) is 3.35. The van der Waals surface area contributed by atoms with Crippen LogP contribution >= 0.6 is 0 Å². The highest BCUT2D eigenvalue weighted by Crippen LogP contribution is 2.38. The quantitative estimate of drug-likeness (QED) is 0.923. The van der Waals surface area contributed by atoms with Crippen molar-refractivity contribution in [3.05, 3.63) is 24.3 Å². The van der Waals surface area contributed by atoms with E-state index in [0.717, 1.165) is 31.2 Å². The first kappa shape index (κ1) is 13.7. The number of benzene rings is 1. The SMILES string of the molecule is O=C(Nc1nc2ccccc2o1)C1CCC2(CC1)OCCO2. The number of para-hydroxylation sites is 2. The van der Waals surface area contributed by atoms with Gasteiger partial charge in [0.05, 0.1) is 13.2 Å². The van der Waals surface area contributed by atoms with Gasteiger partial charge in [-0.05, 0) is 25.0 Å². The molecule has 0 atom stereocenters. The largest absolute Gasteiger partial charge is 0.423 e. The second kappa shape index (κ2) is 5.37. The van der Waals surface area contributed by atoms with Gasteiger partial charge < -0.3 is 13.9 Å². The first-order valence-corrected chi connectivity index (χ1v) is 7.68. The molecule has 0 radical (unpaired) electrons. The molecule has 0 unspecified atom stereocenters. The van der Waals surface area contributed by atoms with E-state index < -0.39 is 5.79 Å². The van der Waals surface area contributed by atoms with Crippen LogP contribution in [0, 0.1) is 5.92 Å². The van der Waals surface area contributed by atoms with E-state index in [9.17, 15) is 4.79 Å². The van der Waals surface area contributed by atoms with E-state index in [2.05, 4.69) is 10.3 Å². The molecule has 2 fully saturated rings. The fourth-order valence-corrected chi connectivity index (χ4v) is 3.24. The van der Waals surface area contributed by atoms with E-state index in [0.29, 0.717) is 18.8 Å². The highest BCUT2D eigenvalue weighted by atomic mass is 16.7. The Hall–Kier alpha value is -1.92. The van der Waals surface area contributed by atoms with Gasteiger partial charge in [0.2, 0.25) is 5.91 Å². The number of carbonyl (C=O) groups excluding carboxylic acids is 1. The maximum Gasteiger partial charge on any atom is 0.302 e. The van der Waals surface area contributed by atoms with Crippen LogP contribution in [0.15, 0.2) is 28.7 Å². The molecule has 22 heavy (non-hydrogen) atoms. The number of carbonyl (C=O) groups is 1. The molecule has 1 aromatic carbocycles. The monoisotopic (exact) mass is 302 g/mol. The van der Waals surface area contributed by atoms with Gasteiger partial charge in [0.15, 0.2) is 11.4 Å². The van der Waals surface area contributed by atoms with Gasteiger partial charge in [-0.1, -0.05) is 12.1 Å². The van der Waals surface area contributed by atoms with E-state index in [4.69, 9.17) is 13.9 Å². The summed E-state index contributed by atoms with van der Waals surface area (Å²) in [6.07, 6.45) is 3.04. The van der Waals surface area contributed by atoms with Crippen molar-refractivity contribution in [3.63, 3.8) is 0 Å². The van der Waals surface area contributed by atoms with Gasteiger partial charge in [0.1, 0.15) is 5.52 Å². The molecule has 2 aliphatic rings. The van der Waals surface area contributed by atoms with E-state index in [1.165, 1.54) is 0 Å². The molecule has 2 aromatic rings. The first-order valence-electron chi connectivity index (χ1n) is 7.68. The van der Waals surface area contributed by atoms with E-state index in [1.807, 2.05) is 24.3 Å². The number of amides is 1. The normalized spacial score (nSPS) is 21.5. The lowest BCUT2D eigenvalue weighted by atomic mass is 9.84. The minimum absolute atomic E-state index is 0.0422. The molecule has 1 aromatic heterocycles. The fraction of sp³-hybridized carbons (Fsp3) is 0.500. The zero-order valence-corrected chi connectivity index (χ0v) is 12.2. The summed E-state index contributed by atoms with van der Waals surface area (Å²) in [5.74, 6) is -0.526. The Labute approximate surface area is 127 Å². The number of hydrogen-bond donors (Lipinski definition) is 1. The number of oxazole rings is 1. The van der Waals surface area contributed by atoms with Crippen molar-refractivity contribution in [2.75, 3.05) is 18.5 Å². The number of aromatic nitrogens is 1. The fourth-order valence-electron chi connectivity index (χ4n) is 3.24. The van der Waals surface area contributed by atoms with Crippen molar-refractivity contribution in [1.82, 2.24) is 4.98 Å². The molecule has 2 heterocycles. The van der Waals surface area contributed by atoms with E-state index in [-0.39, 0.29) is 17.8 Å². The topological polar surface area (TPSA) is 73.6 Å². The van der Waals surface area contributed by atoms with E-state index >= 15 is 0 Å². The zero-order chi connectivity index (χ0) is 15.0. The van der Waals surface area contributed by atoms with Crippen molar-refractivity contribution in [3.8, 4) is 0 Å². The van der Waals surface area contributed by atoms with Gasteiger partial charge in [0.25, 0.3) is 0 Å². The lowest BCUT2D eigenvalue weighted by Gasteiger charge is -2.34. The Morgan fingerprint density at radius 2 is 1.91 bits per heavy atom. The summed E-state index contributed by atoms with van der Waals surface area (Å²) in [5.41, 5.74) is 1.42. The van der Waals surface area contributed by atoms with Crippen LogP contribution in [0.5, 0.6) is 0 Å². The summed E-state index contributed by atoms with van der Waals surface area (Å²) in [4.78, 5) is 16.6. The number of fused-ring (bicyclic) bond motifs is 1. The Bertz CT molecular complexity index is 647. The predicted molar refractivity (Wildman–Crippen MR) is 79.2 cm³/mol. The average Bonchev–Trinajstić information content (AvgIpc) is 3.14. The third kappa shape index (κ3) is 2.48. The van der Waals surface area contributed by atoms with Crippen LogP contribution in [0.25, 0.3) is 11.1 Å². The van der Waals surface area contributed by atoms with Crippen LogP contribution in [0.3, 0.4) is 0 Å². The molecule has 116 valence electrons. The summed E-state index contributed by atoms with van der Waals surface area (Å²) in [7, 11) is 0. The molecule has 1 aliphatic carbocycles. The third-order valence-electron chi connectivity index (χ3n) is 4.46. The minimum Gasteiger partial charge on any atom is -0.423 e. The number of nitrogens with zero attached hydrogens (tertiary/aromatic N) is 1. The van der Waals surface area contributed by atoms with Crippen molar-refractivity contribution in [1.29, 1.82) is 0 Å². The highest BCUT2D eigenvalue weighted by Gasteiger charge is 2.42. The molecule has 0 bridgehead atoms. The van der Waals surface area contributed by atoms with Gasteiger partial charge in [-0.25, -0.2) is 0 Å². The summed E-state index contributed by atoms with van der Waals surface area (Å²) in [6.45, 7) is 1.31. The van der Waals surface area contributed by atoms with Crippen molar-refractivity contribution >= 4 is 23.0 Å². The maximum absolute atomic E-state index is 12.4. The number of ether oxygens (including phenoxy) is 2. The number of anilines is 1. The summed E-state index contributed by atoms with van der Waals surface area (Å²) in [6, 6.07) is 7.71. The molecule has 1 amide bonds. The van der Waals surface area contributed by atoms with Crippen molar-refractivity contribution < 1.29 is 18.7 Å². The molecule has 1 saturated carbocycles. The molecule has 6 heteroatoms. The lowest BCUT2D eigenvalue weighted by Crippen LogP contribution is -2.38. The number of hydrogen-bond acceptors (Lipinski definition) is 5. The molecule has 1 N–H and O–H groups in total. The first-order chi connectivity index (χ1) is 10.7. The summed E-state index contributed by atoms with van der Waals surface area (Å²) >= 11 is 0. The van der Waals surface area contributed by atoms with Crippen molar-refractivity contribution in [2.24, 2.45) is 5.92 Å². The zero-order valence-electron chi connectivity index (χ0n) is 12.2. The maximum atomic E-state index is 12.4. The second-order valence-corrected chi connectivity index (χ2v) is 5.86. The number of nitrogens with one attached hydrogen (secondary N) is 1. The molecular weight excluding hydrogens is 284 g/mol. The summed E-state index contributed by atoms with van der Waals surface area (Å²) < 4.78 is 16.9. The van der Waals surface area contributed by atoms with Crippen LogP contribution in [0.1, 0.15) is 25.7 Å². The third-order valence-corrected chi connectivity index (χ3v) is 4.46. The van der Waals surface area contributed by atoms with Gasteiger partial charge >= 0.3 is 6.01 Å². The van der Waals surface area contributed by atoms with Crippen LogP contribution < -0.4 is 5.32 Å². The minimum atomic E-state index is -0.436. The van der Waals surface area contributed by atoms with Crippen LogP contribution in [-0.4, -0.2) is 29.9 Å². The Balaban J connectivity index is 1.40. The average molecular weight is 302 g/mol. The van der Waals surface area contributed by atoms with Crippen LogP contribution in [-0.2, 0) is 14.3 Å². The molecule has 6 nitrogen and oxygen atoms in total. The molecule has 1 spiro atoms. The Morgan fingerprint density at radius 1 is 1.18 bits per heavy atom. The predicted octanol–water partition coefficient (Wildman–Crippen LogP) is 2.70. The highest BCUT2D eigenvalue weighted by molar-refractivity contribution is 5.91. The molecule has 1 aliphatic heterocycles. The molecular formula is C16H18N2O4. The van der Waals surface area contributed by atoms with Gasteiger partial charge in [-0.2, -0.15) is 4.98 Å². The molecule has 1 saturated heterocycles. The van der Waals surface area contributed by atoms with Gasteiger partial charge in [-0.3, -0.25) is 10.1 Å². The van der Waals surface area contributed by atoms with E-state index in [1.54, 1.807) is 0 Å². The lowest BCUT2D eigenvalue weighted by molar-refractivity contribution is -0.182.